The van der Waals surface area contributed by atoms with Gasteiger partial charge in [0.15, 0.2) is 0 Å². The number of aromatic nitrogens is 2. The number of halogens is 1. The van der Waals surface area contributed by atoms with Crippen LogP contribution in [-0.4, -0.2) is 27.8 Å². The molecule has 2 fully saturated rings. The van der Waals surface area contributed by atoms with Crippen LogP contribution in [0.2, 0.25) is 0 Å². The highest BCUT2D eigenvalue weighted by atomic mass is 19.1. The third-order valence-corrected chi connectivity index (χ3v) is 5.01. The van der Waals surface area contributed by atoms with E-state index < -0.39 is 0 Å². The summed E-state index contributed by atoms with van der Waals surface area (Å²) in [6.45, 7) is 0. The first kappa shape index (κ1) is 15.3. The van der Waals surface area contributed by atoms with Gasteiger partial charge in [0.2, 0.25) is 5.91 Å². The largest absolute Gasteiger partial charge is 0.323 e. The minimum Gasteiger partial charge on any atom is -0.323 e. The first-order chi connectivity index (χ1) is 11.7. The lowest BCUT2D eigenvalue weighted by Crippen LogP contribution is -2.39. The van der Waals surface area contributed by atoms with Crippen LogP contribution in [0.4, 0.5) is 10.1 Å². The zero-order chi connectivity index (χ0) is 16.5. The molecule has 2 saturated heterocycles. The molecule has 0 saturated carbocycles. The standard InChI is InChI=1S/C18H21FN4O/c19-16-3-1-2-4-17(16)23-11-15(10-20-23)22-18(24)9-12-7-13-5-6-14(8-12)21-13/h1-4,10-14,21H,5-9H2,(H,22,24). The molecule has 126 valence electrons. The predicted octanol–water partition coefficient (Wildman–Crippen LogP) is 2.87. The van der Waals surface area contributed by atoms with E-state index in [9.17, 15) is 9.18 Å². The number of para-hydroxylation sites is 1. The van der Waals surface area contributed by atoms with Crippen LogP contribution in [0.15, 0.2) is 36.7 Å². The Hall–Kier alpha value is -2.21. The van der Waals surface area contributed by atoms with Crippen molar-refractivity contribution >= 4 is 11.6 Å². The van der Waals surface area contributed by atoms with Crippen LogP contribution < -0.4 is 10.6 Å². The van der Waals surface area contributed by atoms with E-state index in [1.165, 1.54) is 23.6 Å². The van der Waals surface area contributed by atoms with Crippen molar-refractivity contribution < 1.29 is 9.18 Å². The molecule has 2 aromatic rings. The Morgan fingerprint density at radius 3 is 2.79 bits per heavy atom. The second-order valence-corrected chi connectivity index (χ2v) is 6.85. The van der Waals surface area contributed by atoms with Crippen molar-refractivity contribution in [2.24, 2.45) is 5.92 Å². The van der Waals surface area contributed by atoms with Crippen LogP contribution in [-0.2, 0) is 4.79 Å². The zero-order valence-electron chi connectivity index (χ0n) is 13.4. The highest BCUT2D eigenvalue weighted by molar-refractivity contribution is 5.90. The molecule has 2 atom stereocenters. The van der Waals surface area contributed by atoms with E-state index in [4.69, 9.17) is 0 Å². The van der Waals surface area contributed by atoms with E-state index >= 15 is 0 Å². The van der Waals surface area contributed by atoms with Gasteiger partial charge in [-0.3, -0.25) is 4.79 Å². The summed E-state index contributed by atoms with van der Waals surface area (Å²) < 4.78 is 15.2. The van der Waals surface area contributed by atoms with Gasteiger partial charge in [0.05, 0.1) is 18.1 Å². The van der Waals surface area contributed by atoms with Crippen LogP contribution in [0, 0.1) is 11.7 Å². The number of piperidine rings is 1. The van der Waals surface area contributed by atoms with E-state index in [-0.39, 0.29) is 11.7 Å². The minimum atomic E-state index is -0.344. The fourth-order valence-electron chi connectivity index (χ4n) is 3.97. The SMILES string of the molecule is O=C(CC1CC2CCC(C1)N2)Nc1cnn(-c2ccccc2F)c1. The van der Waals surface area contributed by atoms with Crippen LogP contribution in [0.1, 0.15) is 32.1 Å². The van der Waals surface area contributed by atoms with Gasteiger partial charge >= 0.3 is 0 Å². The third kappa shape index (κ3) is 3.19. The van der Waals surface area contributed by atoms with Crippen LogP contribution in [0.5, 0.6) is 0 Å². The summed E-state index contributed by atoms with van der Waals surface area (Å²) in [7, 11) is 0. The molecular formula is C18H21FN4O. The quantitative estimate of drug-likeness (QED) is 0.907. The molecule has 5 nitrogen and oxygen atoms in total. The molecule has 2 unspecified atom stereocenters. The molecule has 0 radical (unpaired) electrons. The number of benzene rings is 1. The van der Waals surface area contributed by atoms with Gasteiger partial charge in [0.1, 0.15) is 11.5 Å². The molecule has 2 N–H and O–H groups in total. The Morgan fingerprint density at radius 2 is 2.04 bits per heavy atom. The molecule has 6 heteroatoms. The smallest absolute Gasteiger partial charge is 0.224 e. The van der Waals surface area contributed by atoms with Crippen molar-refractivity contribution in [2.75, 3.05) is 5.32 Å². The van der Waals surface area contributed by atoms with Crippen molar-refractivity contribution in [1.82, 2.24) is 15.1 Å². The van der Waals surface area contributed by atoms with Gasteiger partial charge in [-0.15, -0.1) is 0 Å². The van der Waals surface area contributed by atoms with Gasteiger partial charge in [-0.2, -0.15) is 5.10 Å². The number of nitrogens with one attached hydrogen (secondary N) is 2. The highest BCUT2D eigenvalue weighted by Gasteiger charge is 2.34. The van der Waals surface area contributed by atoms with Crippen molar-refractivity contribution in [3.05, 3.63) is 42.5 Å². The van der Waals surface area contributed by atoms with E-state index in [0.29, 0.717) is 35.8 Å². The average Bonchev–Trinajstić information content (AvgIpc) is 3.14. The number of hydrogen-bond acceptors (Lipinski definition) is 3. The molecule has 24 heavy (non-hydrogen) atoms. The molecule has 3 heterocycles. The van der Waals surface area contributed by atoms with Gasteiger partial charge in [0, 0.05) is 18.5 Å². The van der Waals surface area contributed by atoms with E-state index in [0.717, 1.165) is 12.8 Å². The number of rotatable bonds is 4. The number of anilines is 1. The molecule has 2 aliphatic rings. The highest BCUT2D eigenvalue weighted by Crippen LogP contribution is 2.32. The van der Waals surface area contributed by atoms with Gasteiger partial charge in [-0.1, -0.05) is 12.1 Å². The van der Waals surface area contributed by atoms with Crippen molar-refractivity contribution in [1.29, 1.82) is 0 Å². The minimum absolute atomic E-state index is 0.00869. The summed E-state index contributed by atoms with van der Waals surface area (Å²) in [6.07, 6.45) is 8.37. The second-order valence-electron chi connectivity index (χ2n) is 6.85. The number of amides is 1. The van der Waals surface area contributed by atoms with Gasteiger partial charge in [-0.25, -0.2) is 9.07 Å². The normalized spacial score (nSPS) is 25.6. The topological polar surface area (TPSA) is 59.0 Å². The van der Waals surface area contributed by atoms with E-state index in [2.05, 4.69) is 15.7 Å². The fourth-order valence-corrected chi connectivity index (χ4v) is 3.97. The number of carbonyl (C=O) groups excluding carboxylic acids is 1. The molecular weight excluding hydrogens is 307 g/mol. The Balaban J connectivity index is 1.37. The number of fused-ring (bicyclic) bond motifs is 2. The Bertz CT molecular complexity index is 732. The molecule has 1 aromatic heterocycles. The third-order valence-electron chi connectivity index (χ3n) is 5.01. The molecule has 2 bridgehead atoms. The zero-order valence-corrected chi connectivity index (χ0v) is 13.4. The van der Waals surface area contributed by atoms with Crippen molar-refractivity contribution in [3.8, 4) is 5.69 Å². The fraction of sp³-hybridized carbons (Fsp3) is 0.444. The summed E-state index contributed by atoms with van der Waals surface area (Å²) in [4.78, 5) is 12.3. The summed E-state index contributed by atoms with van der Waals surface area (Å²) in [5, 5.41) is 10.6. The lowest BCUT2D eigenvalue weighted by atomic mass is 9.89. The van der Waals surface area contributed by atoms with Crippen molar-refractivity contribution in [2.45, 2.75) is 44.2 Å². The molecule has 1 aromatic carbocycles. The average molecular weight is 328 g/mol. The first-order valence-corrected chi connectivity index (χ1v) is 8.53. The van der Waals surface area contributed by atoms with Gasteiger partial charge < -0.3 is 10.6 Å². The molecule has 1 amide bonds. The number of nitrogens with zero attached hydrogens (tertiary/aromatic N) is 2. The number of hydrogen-bond donors (Lipinski definition) is 2. The predicted molar refractivity (Wildman–Crippen MR) is 89.4 cm³/mol. The van der Waals surface area contributed by atoms with Crippen LogP contribution >= 0.6 is 0 Å². The van der Waals surface area contributed by atoms with Crippen LogP contribution in [0.25, 0.3) is 5.69 Å². The Labute approximate surface area is 140 Å². The van der Waals surface area contributed by atoms with E-state index in [1.54, 1.807) is 30.6 Å². The lowest BCUT2D eigenvalue weighted by Gasteiger charge is -2.28. The second kappa shape index (κ2) is 6.36. The maximum atomic E-state index is 13.8. The molecule has 0 aliphatic carbocycles. The van der Waals surface area contributed by atoms with Gasteiger partial charge in [0.25, 0.3) is 0 Å². The summed E-state index contributed by atoms with van der Waals surface area (Å²) in [5.74, 6) is 0.114. The van der Waals surface area contributed by atoms with Crippen molar-refractivity contribution in [3.63, 3.8) is 0 Å². The maximum Gasteiger partial charge on any atom is 0.224 e. The Morgan fingerprint density at radius 1 is 1.29 bits per heavy atom. The molecule has 4 rings (SSSR count). The molecule has 0 spiro atoms. The number of carbonyl (C=O) groups is 1. The van der Waals surface area contributed by atoms with Crippen LogP contribution in [0.3, 0.4) is 0 Å². The first-order valence-electron chi connectivity index (χ1n) is 8.53. The summed E-state index contributed by atoms with van der Waals surface area (Å²) in [6, 6.07) is 7.61. The lowest BCUT2D eigenvalue weighted by molar-refractivity contribution is -0.117. The monoisotopic (exact) mass is 328 g/mol. The molecule has 2 aliphatic heterocycles. The summed E-state index contributed by atoms with van der Waals surface area (Å²) in [5.41, 5.74) is 0.966. The van der Waals surface area contributed by atoms with E-state index in [1.807, 2.05) is 0 Å². The summed E-state index contributed by atoms with van der Waals surface area (Å²) >= 11 is 0. The Kier molecular flexibility index (Phi) is 4.06. The van der Waals surface area contributed by atoms with Gasteiger partial charge in [-0.05, 0) is 43.7 Å². The maximum absolute atomic E-state index is 13.8.